The minimum absolute atomic E-state index is 0.149. The number of carbonyl (C=O) groups excluding carboxylic acids is 1. The van der Waals surface area contributed by atoms with Crippen LogP contribution in [0.2, 0.25) is 0 Å². The number of halogens is 1. The first kappa shape index (κ1) is 14.3. The van der Waals surface area contributed by atoms with Crippen LogP contribution in [-0.4, -0.2) is 36.0 Å². The van der Waals surface area contributed by atoms with Gasteiger partial charge in [0.1, 0.15) is 0 Å². The van der Waals surface area contributed by atoms with Gasteiger partial charge in [-0.25, -0.2) is 4.39 Å². The Kier molecular flexibility index (Phi) is 3.92. The number of nitrogens with zero attached hydrogens (tertiary/aromatic N) is 1. The van der Waals surface area contributed by atoms with Gasteiger partial charge in [0.2, 0.25) is 5.91 Å². The van der Waals surface area contributed by atoms with E-state index in [1.807, 2.05) is 0 Å². The normalized spacial score (nSPS) is 20.4. The first-order valence-electron chi connectivity index (χ1n) is 6.24. The molecule has 1 aliphatic carbocycles. The summed E-state index contributed by atoms with van der Waals surface area (Å²) in [7, 11) is 2.97. The predicted octanol–water partition coefficient (Wildman–Crippen LogP) is 1.51. The van der Waals surface area contributed by atoms with E-state index in [1.165, 1.54) is 24.1 Å². The molecule has 1 saturated carbocycles. The Hall–Kier alpha value is -2.11. The molecule has 1 aromatic rings. The van der Waals surface area contributed by atoms with Crippen molar-refractivity contribution in [1.29, 1.82) is 0 Å². The van der Waals surface area contributed by atoms with Gasteiger partial charge in [-0.1, -0.05) is 6.07 Å². The molecule has 5 nitrogen and oxygen atoms in total. The number of rotatable bonds is 5. The highest BCUT2D eigenvalue weighted by Crippen LogP contribution is 2.40. The molecule has 0 aliphatic heterocycles. The summed E-state index contributed by atoms with van der Waals surface area (Å²) in [6, 6.07) is 4.48. The number of carboxylic acid groups (broad SMARTS) is 1. The third kappa shape index (κ3) is 2.89. The Labute approximate surface area is 116 Å². The van der Waals surface area contributed by atoms with Gasteiger partial charge in [0.05, 0.1) is 18.9 Å². The van der Waals surface area contributed by atoms with E-state index in [1.54, 1.807) is 13.1 Å². The van der Waals surface area contributed by atoms with Crippen LogP contribution < -0.4 is 4.74 Å². The summed E-state index contributed by atoms with van der Waals surface area (Å²) in [5.41, 5.74) is 0.631. The zero-order valence-corrected chi connectivity index (χ0v) is 11.3. The minimum atomic E-state index is -0.938. The average molecular weight is 281 g/mol. The molecule has 1 amide bonds. The van der Waals surface area contributed by atoms with E-state index in [2.05, 4.69) is 0 Å². The van der Waals surface area contributed by atoms with Gasteiger partial charge in [-0.2, -0.15) is 0 Å². The van der Waals surface area contributed by atoms with E-state index in [4.69, 9.17) is 9.84 Å². The van der Waals surface area contributed by atoms with E-state index < -0.39 is 23.6 Å². The van der Waals surface area contributed by atoms with Crippen LogP contribution in [0.25, 0.3) is 0 Å². The lowest BCUT2D eigenvalue weighted by Gasteiger charge is -2.17. The summed E-state index contributed by atoms with van der Waals surface area (Å²) in [6.45, 7) is 0.239. The molecule has 2 rings (SSSR count). The zero-order chi connectivity index (χ0) is 14.9. The lowest BCUT2D eigenvalue weighted by molar-refractivity contribution is -0.141. The van der Waals surface area contributed by atoms with Gasteiger partial charge in [0, 0.05) is 13.6 Å². The predicted molar refractivity (Wildman–Crippen MR) is 68.7 cm³/mol. The SMILES string of the molecule is COc1ccc(CN(C)C(=O)[C@H]2C[C@@H]2C(=O)O)cc1F. The van der Waals surface area contributed by atoms with Crippen LogP contribution in [-0.2, 0) is 16.1 Å². The van der Waals surface area contributed by atoms with Crippen molar-refractivity contribution in [2.24, 2.45) is 11.8 Å². The summed E-state index contributed by atoms with van der Waals surface area (Å²) in [5, 5.41) is 8.80. The molecule has 0 spiro atoms. The van der Waals surface area contributed by atoms with Crippen molar-refractivity contribution >= 4 is 11.9 Å². The third-order valence-corrected chi connectivity index (χ3v) is 3.44. The van der Waals surface area contributed by atoms with Crippen molar-refractivity contribution in [1.82, 2.24) is 4.90 Å². The average Bonchev–Trinajstić information content (AvgIpc) is 3.18. The number of hydrogen-bond donors (Lipinski definition) is 1. The number of carbonyl (C=O) groups is 2. The highest BCUT2D eigenvalue weighted by Gasteiger charge is 2.49. The van der Waals surface area contributed by atoms with E-state index in [9.17, 15) is 14.0 Å². The van der Waals surface area contributed by atoms with Crippen molar-refractivity contribution in [2.45, 2.75) is 13.0 Å². The summed E-state index contributed by atoms with van der Waals surface area (Å²) in [6.07, 6.45) is 0.384. The quantitative estimate of drug-likeness (QED) is 0.888. The number of amides is 1. The second-order valence-corrected chi connectivity index (χ2v) is 4.95. The van der Waals surface area contributed by atoms with Gasteiger partial charge < -0.3 is 14.7 Å². The largest absolute Gasteiger partial charge is 0.494 e. The minimum Gasteiger partial charge on any atom is -0.494 e. The van der Waals surface area contributed by atoms with Crippen molar-refractivity contribution in [3.8, 4) is 5.75 Å². The molecular formula is C14H16FNO4. The zero-order valence-electron chi connectivity index (χ0n) is 11.3. The molecule has 0 unspecified atom stereocenters. The Morgan fingerprint density at radius 3 is 2.65 bits per heavy atom. The van der Waals surface area contributed by atoms with E-state index in [0.717, 1.165) is 0 Å². The van der Waals surface area contributed by atoms with Crippen molar-refractivity contribution < 1.29 is 23.8 Å². The smallest absolute Gasteiger partial charge is 0.307 e. The third-order valence-electron chi connectivity index (χ3n) is 3.44. The molecule has 2 atom stereocenters. The standard InChI is InChI=1S/C14H16FNO4/c1-16(13(17)9-6-10(9)14(18)19)7-8-3-4-12(20-2)11(15)5-8/h3-5,9-10H,6-7H2,1-2H3,(H,18,19)/t9-,10-/m0/s1. The highest BCUT2D eigenvalue weighted by molar-refractivity contribution is 5.89. The topological polar surface area (TPSA) is 66.8 Å². The fourth-order valence-electron chi connectivity index (χ4n) is 2.18. The monoisotopic (exact) mass is 281 g/mol. The molecule has 0 heterocycles. The van der Waals surface area contributed by atoms with Gasteiger partial charge in [-0.05, 0) is 24.1 Å². The van der Waals surface area contributed by atoms with Gasteiger partial charge >= 0.3 is 5.97 Å². The number of benzene rings is 1. The van der Waals surface area contributed by atoms with E-state index in [-0.39, 0.29) is 18.2 Å². The second-order valence-electron chi connectivity index (χ2n) is 4.95. The lowest BCUT2D eigenvalue weighted by Crippen LogP contribution is -2.28. The lowest BCUT2D eigenvalue weighted by atomic mass is 10.2. The van der Waals surface area contributed by atoms with Gasteiger partial charge in [-0.3, -0.25) is 9.59 Å². The van der Waals surface area contributed by atoms with Crippen LogP contribution >= 0.6 is 0 Å². The fourth-order valence-corrected chi connectivity index (χ4v) is 2.18. The first-order chi connectivity index (χ1) is 9.43. The molecule has 0 saturated heterocycles. The van der Waals surface area contributed by atoms with Crippen molar-refractivity contribution in [3.63, 3.8) is 0 Å². The summed E-state index contributed by atoms with van der Waals surface area (Å²) >= 11 is 0. The van der Waals surface area contributed by atoms with Crippen LogP contribution in [0.3, 0.4) is 0 Å². The molecule has 1 fully saturated rings. The Morgan fingerprint density at radius 2 is 2.15 bits per heavy atom. The number of ether oxygens (including phenoxy) is 1. The molecule has 6 heteroatoms. The molecule has 0 aromatic heterocycles. The van der Waals surface area contributed by atoms with Crippen LogP contribution in [0.4, 0.5) is 4.39 Å². The molecule has 0 bridgehead atoms. The van der Waals surface area contributed by atoms with Crippen LogP contribution in [0.15, 0.2) is 18.2 Å². The number of hydrogen-bond acceptors (Lipinski definition) is 3. The highest BCUT2D eigenvalue weighted by atomic mass is 19.1. The molecular weight excluding hydrogens is 265 g/mol. The Morgan fingerprint density at radius 1 is 1.45 bits per heavy atom. The molecule has 20 heavy (non-hydrogen) atoms. The van der Waals surface area contributed by atoms with Crippen molar-refractivity contribution in [3.05, 3.63) is 29.6 Å². The summed E-state index contributed by atoms with van der Waals surface area (Å²) < 4.78 is 18.4. The van der Waals surface area contributed by atoms with Crippen molar-refractivity contribution in [2.75, 3.05) is 14.2 Å². The molecule has 0 radical (unpaired) electrons. The summed E-state index contributed by atoms with van der Waals surface area (Å²) in [4.78, 5) is 24.1. The van der Waals surface area contributed by atoms with Crippen LogP contribution in [0.5, 0.6) is 5.75 Å². The Bertz CT molecular complexity index is 546. The van der Waals surface area contributed by atoms with Crippen LogP contribution in [0.1, 0.15) is 12.0 Å². The second kappa shape index (κ2) is 5.48. The van der Waals surface area contributed by atoms with Gasteiger partial charge in [0.25, 0.3) is 0 Å². The molecule has 1 aromatic carbocycles. The van der Waals surface area contributed by atoms with Gasteiger partial charge in [-0.15, -0.1) is 0 Å². The Balaban J connectivity index is 1.98. The first-order valence-corrected chi connectivity index (χ1v) is 6.24. The van der Waals surface area contributed by atoms with E-state index >= 15 is 0 Å². The number of methoxy groups -OCH3 is 1. The van der Waals surface area contributed by atoms with Gasteiger partial charge in [0.15, 0.2) is 11.6 Å². The molecule has 1 N–H and O–H groups in total. The number of carboxylic acids is 1. The molecule has 1 aliphatic rings. The maximum Gasteiger partial charge on any atom is 0.307 e. The maximum atomic E-state index is 13.5. The number of aliphatic carboxylic acids is 1. The van der Waals surface area contributed by atoms with E-state index in [0.29, 0.717) is 12.0 Å². The maximum absolute atomic E-state index is 13.5. The molecule has 108 valence electrons. The summed E-state index contributed by atoms with van der Waals surface area (Å²) in [5.74, 6) is -2.50. The van der Waals surface area contributed by atoms with Crippen LogP contribution in [0, 0.1) is 17.7 Å². The fraction of sp³-hybridized carbons (Fsp3) is 0.429.